The lowest BCUT2D eigenvalue weighted by molar-refractivity contribution is 0.0691. The minimum atomic E-state index is -1.11. The molecular formula is C14H10ClFO3. The molecule has 0 amide bonds. The number of carbonyl (C=O) groups is 1. The molecule has 2 rings (SSSR count). The summed E-state index contributed by atoms with van der Waals surface area (Å²) in [5, 5.41) is 9.36. The Morgan fingerprint density at radius 3 is 2.53 bits per heavy atom. The van der Waals surface area contributed by atoms with E-state index in [4.69, 9.17) is 21.4 Å². The van der Waals surface area contributed by atoms with Crippen molar-refractivity contribution in [2.75, 3.05) is 0 Å². The molecule has 2 aromatic rings. The number of aromatic carboxylic acids is 1. The zero-order valence-electron chi connectivity index (χ0n) is 9.77. The van der Waals surface area contributed by atoms with Crippen LogP contribution in [0.1, 0.15) is 15.9 Å². The van der Waals surface area contributed by atoms with Gasteiger partial charge in [-0.2, -0.15) is 0 Å². The predicted octanol–water partition coefficient (Wildman–Crippen LogP) is 3.76. The number of carboxylic acid groups (broad SMARTS) is 1. The summed E-state index contributed by atoms with van der Waals surface area (Å²) >= 11 is 5.73. The Balaban J connectivity index is 2.15. The maximum absolute atomic E-state index is 12.7. The van der Waals surface area contributed by atoms with Crippen molar-refractivity contribution in [1.29, 1.82) is 0 Å². The lowest BCUT2D eigenvalue weighted by Gasteiger charge is -2.09. The zero-order chi connectivity index (χ0) is 13.8. The third-order valence-electron chi connectivity index (χ3n) is 2.48. The second kappa shape index (κ2) is 5.71. The SMILES string of the molecule is O=C(O)c1cc(Cl)ccc1OCc1ccc(F)cc1. The Kier molecular flexibility index (Phi) is 4.02. The molecule has 0 fully saturated rings. The first-order chi connectivity index (χ1) is 9.06. The predicted molar refractivity (Wildman–Crippen MR) is 69.1 cm³/mol. The second-order valence-corrected chi connectivity index (χ2v) is 4.30. The van der Waals surface area contributed by atoms with Crippen molar-refractivity contribution < 1.29 is 19.0 Å². The molecule has 0 saturated heterocycles. The lowest BCUT2D eigenvalue weighted by Crippen LogP contribution is -2.03. The van der Waals surface area contributed by atoms with Gasteiger partial charge in [0.15, 0.2) is 0 Å². The van der Waals surface area contributed by atoms with E-state index in [1.54, 1.807) is 18.2 Å². The Hall–Kier alpha value is -2.07. The molecule has 0 radical (unpaired) electrons. The van der Waals surface area contributed by atoms with E-state index in [9.17, 15) is 9.18 Å². The standard InChI is InChI=1S/C14H10ClFO3/c15-10-3-6-13(12(7-10)14(17)18)19-8-9-1-4-11(16)5-2-9/h1-7H,8H2,(H,17,18). The number of benzene rings is 2. The molecule has 98 valence electrons. The molecule has 5 heteroatoms. The van der Waals surface area contributed by atoms with Crippen LogP contribution in [0.2, 0.25) is 5.02 Å². The van der Waals surface area contributed by atoms with E-state index >= 15 is 0 Å². The monoisotopic (exact) mass is 280 g/mol. The summed E-state index contributed by atoms with van der Waals surface area (Å²) in [6.07, 6.45) is 0. The van der Waals surface area contributed by atoms with E-state index in [1.165, 1.54) is 24.3 Å². The highest BCUT2D eigenvalue weighted by atomic mass is 35.5. The molecule has 19 heavy (non-hydrogen) atoms. The van der Waals surface area contributed by atoms with Crippen molar-refractivity contribution in [3.8, 4) is 5.75 Å². The average molecular weight is 281 g/mol. The maximum Gasteiger partial charge on any atom is 0.339 e. The number of rotatable bonds is 4. The van der Waals surface area contributed by atoms with Crippen LogP contribution < -0.4 is 4.74 Å². The first-order valence-corrected chi connectivity index (χ1v) is 5.84. The van der Waals surface area contributed by atoms with E-state index < -0.39 is 5.97 Å². The van der Waals surface area contributed by atoms with Gasteiger partial charge in [0.2, 0.25) is 0 Å². The van der Waals surface area contributed by atoms with E-state index in [-0.39, 0.29) is 23.7 Å². The first-order valence-electron chi connectivity index (χ1n) is 5.46. The number of halogens is 2. The molecule has 0 aliphatic rings. The molecule has 1 N–H and O–H groups in total. The van der Waals surface area contributed by atoms with Crippen molar-refractivity contribution in [3.63, 3.8) is 0 Å². The summed E-state index contributed by atoms with van der Waals surface area (Å²) in [4.78, 5) is 11.0. The molecule has 0 unspecified atom stereocenters. The van der Waals surface area contributed by atoms with Crippen LogP contribution in [-0.4, -0.2) is 11.1 Å². The molecule has 0 atom stereocenters. The van der Waals surface area contributed by atoms with Gasteiger partial charge in [0, 0.05) is 5.02 Å². The van der Waals surface area contributed by atoms with Gasteiger partial charge in [0.1, 0.15) is 23.7 Å². The van der Waals surface area contributed by atoms with Gasteiger partial charge in [-0.05, 0) is 35.9 Å². The van der Waals surface area contributed by atoms with Gasteiger partial charge in [-0.3, -0.25) is 0 Å². The van der Waals surface area contributed by atoms with E-state index in [1.807, 2.05) is 0 Å². The Bertz CT molecular complexity index is 596. The Labute approximate surface area is 114 Å². The number of ether oxygens (including phenoxy) is 1. The third kappa shape index (κ3) is 3.45. The number of carboxylic acids is 1. The number of hydrogen-bond acceptors (Lipinski definition) is 2. The summed E-state index contributed by atoms with van der Waals surface area (Å²) in [6.45, 7) is 0.155. The first kappa shape index (κ1) is 13.4. The number of hydrogen-bond donors (Lipinski definition) is 1. The van der Waals surface area contributed by atoms with Crippen molar-refractivity contribution in [2.45, 2.75) is 6.61 Å². The van der Waals surface area contributed by atoms with E-state index in [2.05, 4.69) is 0 Å². The van der Waals surface area contributed by atoms with Gasteiger partial charge in [0.25, 0.3) is 0 Å². The molecule has 0 bridgehead atoms. The second-order valence-electron chi connectivity index (χ2n) is 3.86. The smallest absolute Gasteiger partial charge is 0.339 e. The van der Waals surface area contributed by atoms with Crippen LogP contribution in [0.5, 0.6) is 5.75 Å². The molecule has 0 aliphatic heterocycles. The van der Waals surface area contributed by atoms with Gasteiger partial charge in [-0.1, -0.05) is 23.7 Å². The normalized spacial score (nSPS) is 10.2. The van der Waals surface area contributed by atoms with Crippen molar-refractivity contribution in [2.24, 2.45) is 0 Å². The molecule has 0 heterocycles. The summed E-state index contributed by atoms with van der Waals surface area (Å²) in [6, 6.07) is 10.2. The minimum absolute atomic E-state index is 0.00499. The van der Waals surface area contributed by atoms with Crippen LogP contribution in [0.4, 0.5) is 4.39 Å². The Morgan fingerprint density at radius 2 is 1.89 bits per heavy atom. The van der Waals surface area contributed by atoms with Crippen LogP contribution in [0.3, 0.4) is 0 Å². The summed E-state index contributed by atoms with van der Waals surface area (Å²) in [5.74, 6) is -1.22. The Morgan fingerprint density at radius 1 is 1.21 bits per heavy atom. The minimum Gasteiger partial charge on any atom is -0.488 e. The fourth-order valence-electron chi connectivity index (χ4n) is 1.54. The molecular weight excluding hydrogens is 271 g/mol. The fraction of sp³-hybridized carbons (Fsp3) is 0.0714. The van der Waals surface area contributed by atoms with Crippen LogP contribution in [0.15, 0.2) is 42.5 Å². The fourth-order valence-corrected chi connectivity index (χ4v) is 1.71. The highest BCUT2D eigenvalue weighted by Crippen LogP contribution is 2.23. The third-order valence-corrected chi connectivity index (χ3v) is 2.71. The summed E-state index contributed by atoms with van der Waals surface area (Å²) in [7, 11) is 0. The molecule has 0 aromatic heterocycles. The largest absolute Gasteiger partial charge is 0.488 e. The average Bonchev–Trinajstić information content (AvgIpc) is 2.39. The van der Waals surface area contributed by atoms with Gasteiger partial charge >= 0.3 is 5.97 Å². The molecule has 0 aliphatic carbocycles. The maximum atomic E-state index is 12.7. The van der Waals surface area contributed by atoms with Crippen LogP contribution in [0, 0.1) is 5.82 Å². The summed E-state index contributed by atoms with van der Waals surface area (Å²) in [5.41, 5.74) is 0.738. The topological polar surface area (TPSA) is 46.5 Å². The van der Waals surface area contributed by atoms with Crippen molar-refractivity contribution in [1.82, 2.24) is 0 Å². The molecule has 2 aromatic carbocycles. The van der Waals surface area contributed by atoms with E-state index in [0.29, 0.717) is 5.02 Å². The highest BCUT2D eigenvalue weighted by molar-refractivity contribution is 6.31. The quantitative estimate of drug-likeness (QED) is 0.927. The van der Waals surface area contributed by atoms with Gasteiger partial charge in [-0.25, -0.2) is 9.18 Å². The van der Waals surface area contributed by atoms with Crippen LogP contribution >= 0.6 is 11.6 Å². The lowest BCUT2D eigenvalue weighted by atomic mass is 10.2. The van der Waals surface area contributed by atoms with Gasteiger partial charge in [0.05, 0.1) is 0 Å². The van der Waals surface area contributed by atoms with Gasteiger partial charge < -0.3 is 9.84 Å². The molecule has 0 spiro atoms. The van der Waals surface area contributed by atoms with E-state index in [0.717, 1.165) is 5.56 Å². The summed E-state index contributed by atoms with van der Waals surface area (Å²) < 4.78 is 18.1. The van der Waals surface area contributed by atoms with Gasteiger partial charge in [-0.15, -0.1) is 0 Å². The molecule has 0 saturated carbocycles. The zero-order valence-corrected chi connectivity index (χ0v) is 10.5. The van der Waals surface area contributed by atoms with Crippen molar-refractivity contribution >= 4 is 17.6 Å². The molecule has 3 nitrogen and oxygen atoms in total. The van der Waals surface area contributed by atoms with Crippen LogP contribution in [-0.2, 0) is 6.61 Å². The van der Waals surface area contributed by atoms with Crippen molar-refractivity contribution in [3.05, 3.63) is 64.4 Å². The van der Waals surface area contributed by atoms with Crippen LogP contribution in [0.25, 0.3) is 0 Å². The highest BCUT2D eigenvalue weighted by Gasteiger charge is 2.12.